The van der Waals surface area contributed by atoms with Gasteiger partial charge in [0.05, 0.1) is 0 Å². The third kappa shape index (κ3) is 18.6. The predicted molar refractivity (Wildman–Crippen MR) is 54.0 cm³/mol. The van der Waals surface area contributed by atoms with Gasteiger partial charge in [0.25, 0.3) is 0 Å². The Morgan fingerprint density at radius 3 is 1.94 bits per heavy atom. The van der Waals surface area contributed by atoms with E-state index in [9.17, 15) is 0 Å². The zero-order valence-electron chi connectivity index (χ0n) is 9.61. The molecular formula is C10H11BrK2O3. The molecule has 6 heteroatoms. The third-order valence-electron chi connectivity index (χ3n) is 1.44. The summed E-state index contributed by atoms with van der Waals surface area (Å²) in [5, 5.41) is 17.8. The molecule has 0 N–H and O–H groups in total. The SMILES string of the molecule is BrCCCc1ccccc1.O=C([O-])[O-].[K+].[K+]. The molecule has 0 aliphatic heterocycles. The first-order chi connectivity index (χ1) is 6.66. The van der Waals surface area contributed by atoms with Crippen LogP contribution >= 0.6 is 15.9 Å². The largest absolute Gasteiger partial charge is 1.00 e. The molecular weight excluding hydrogens is 326 g/mol. The Hall–Kier alpha value is 2.24. The van der Waals surface area contributed by atoms with Gasteiger partial charge in [-0.25, -0.2) is 0 Å². The molecule has 0 bridgehead atoms. The molecule has 78 valence electrons. The van der Waals surface area contributed by atoms with Crippen LogP contribution < -0.4 is 113 Å². The van der Waals surface area contributed by atoms with E-state index in [2.05, 4.69) is 46.3 Å². The summed E-state index contributed by atoms with van der Waals surface area (Å²) in [6.07, 6.45) is 0.0795. The van der Waals surface area contributed by atoms with E-state index in [0.29, 0.717) is 0 Å². The molecule has 16 heavy (non-hydrogen) atoms. The molecule has 0 aliphatic carbocycles. The number of benzene rings is 1. The number of alkyl halides is 1. The van der Waals surface area contributed by atoms with Crippen molar-refractivity contribution in [1.29, 1.82) is 0 Å². The summed E-state index contributed by atoms with van der Waals surface area (Å²) in [5.74, 6) is 0. The second kappa shape index (κ2) is 17.2. The summed E-state index contributed by atoms with van der Waals surface area (Å²) in [7, 11) is 0. The van der Waals surface area contributed by atoms with Crippen molar-refractivity contribution < 1.29 is 118 Å². The number of carbonyl (C=O) groups excluding carboxylic acids is 1. The molecule has 0 spiro atoms. The Bertz CT molecular complexity index is 254. The fraction of sp³-hybridized carbons (Fsp3) is 0.300. The van der Waals surface area contributed by atoms with E-state index in [1.54, 1.807) is 0 Å². The standard InChI is InChI=1S/C9H11Br.CH2O3.2K/c10-8-4-7-9-5-2-1-3-6-9;2-1(3)4;;/h1-3,5-6H,4,7-8H2;(H2,2,3,4);;/q;;2*+1/p-2. The van der Waals surface area contributed by atoms with E-state index in [1.807, 2.05) is 0 Å². The third-order valence-corrected chi connectivity index (χ3v) is 2.00. The van der Waals surface area contributed by atoms with Crippen molar-refractivity contribution in [3.8, 4) is 0 Å². The molecule has 0 unspecified atom stereocenters. The first-order valence-electron chi connectivity index (χ1n) is 4.14. The zero-order valence-corrected chi connectivity index (χ0v) is 17.4. The molecule has 1 aromatic carbocycles. The minimum Gasteiger partial charge on any atom is -0.652 e. The van der Waals surface area contributed by atoms with Crippen molar-refractivity contribution >= 4 is 22.1 Å². The van der Waals surface area contributed by atoms with Crippen LogP contribution in [0.5, 0.6) is 0 Å². The van der Waals surface area contributed by atoms with Gasteiger partial charge < -0.3 is 15.0 Å². The van der Waals surface area contributed by atoms with E-state index >= 15 is 0 Å². The van der Waals surface area contributed by atoms with Gasteiger partial charge in [-0.3, -0.25) is 0 Å². The van der Waals surface area contributed by atoms with Crippen LogP contribution in [0, 0.1) is 0 Å². The molecule has 0 atom stereocenters. The molecule has 0 amide bonds. The van der Waals surface area contributed by atoms with Crippen LogP contribution in [0.4, 0.5) is 4.79 Å². The molecule has 0 saturated carbocycles. The van der Waals surface area contributed by atoms with Crippen molar-refractivity contribution in [1.82, 2.24) is 0 Å². The summed E-state index contributed by atoms with van der Waals surface area (Å²) < 4.78 is 0. The van der Waals surface area contributed by atoms with Crippen LogP contribution in [0.15, 0.2) is 30.3 Å². The van der Waals surface area contributed by atoms with Crippen LogP contribution in [-0.2, 0) is 6.42 Å². The number of carboxylic acid groups (broad SMARTS) is 2. The van der Waals surface area contributed by atoms with E-state index in [0.717, 1.165) is 5.33 Å². The number of halogens is 1. The van der Waals surface area contributed by atoms with E-state index in [1.165, 1.54) is 18.4 Å². The Labute approximate surface area is 189 Å². The molecule has 1 rings (SSSR count). The normalized spacial score (nSPS) is 7.56. The summed E-state index contributed by atoms with van der Waals surface area (Å²) in [6.45, 7) is 0. The minimum atomic E-state index is -2.33. The molecule has 0 fully saturated rings. The van der Waals surface area contributed by atoms with Gasteiger partial charge in [0.15, 0.2) is 0 Å². The Balaban J connectivity index is -0.000000249. The number of rotatable bonds is 3. The topological polar surface area (TPSA) is 63.2 Å². The predicted octanol–water partition coefficient (Wildman–Crippen LogP) is -5.42. The Kier molecular flexibility index (Phi) is 25.2. The molecule has 0 aliphatic rings. The Morgan fingerprint density at radius 1 is 1.12 bits per heavy atom. The van der Waals surface area contributed by atoms with Crippen molar-refractivity contribution in [2.24, 2.45) is 0 Å². The second-order valence-electron chi connectivity index (χ2n) is 2.53. The van der Waals surface area contributed by atoms with Gasteiger partial charge in [-0.15, -0.1) is 0 Å². The summed E-state index contributed by atoms with van der Waals surface area (Å²) in [5.41, 5.74) is 1.43. The van der Waals surface area contributed by atoms with Gasteiger partial charge in [-0.05, 0) is 24.6 Å². The second-order valence-corrected chi connectivity index (χ2v) is 3.32. The first kappa shape index (κ1) is 23.3. The summed E-state index contributed by atoms with van der Waals surface area (Å²) >= 11 is 3.41. The van der Waals surface area contributed by atoms with Crippen molar-refractivity contribution in [2.75, 3.05) is 5.33 Å². The van der Waals surface area contributed by atoms with Gasteiger partial charge >= 0.3 is 103 Å². The maximum Gasteiger partial charge on any atom is 1.00 e. The maximum absolute atomic E-state index is 8.33. The maximum atomic E-state index is 8.33. The van der Waals surface area contributed by atoms with Gasteiger partial charge in [-0.2, -0.15) is 0 Å². The minimum absolute atomic E-state index is 0. The van der Waals surface area contributed by atoms with Gasteiger partial charge in [0, 0.05) is 5.33 Å². The van der Waals surface area contributed by atoms with Crippen molar-refractivity contribution in [2.45, 2.75) is 12.8 Å². The van der Waals surface area contributed by atoms with Crippen LogP contribution in [0.3, 0.4) is 0 Å². The molecule has 3 nitrogen and oxygen atoms in total. The first-order valence-corrected chi connectivity index (χ1v) is 5.27. The van der Waals surface area contributed by atoms with Crippen LogP contribution in [0.1, 0.15) is 12.0 Å². The number of hydrogen-bond donors (Lipinski definition) is 0. The quantitative estimate of drug-likeness (QED) is 0.409. The average Bonchev–Trinajstić information content (AvgIpc) is 2.15. The van der Waals surface area contributed by atoms with Crippen molar-refractivity contribution in [3.63, 3.8) is 0 Å². The van der Waals surface area contributed by atoms with Crippen LogP contribution in [0.2, 0.25) is 0 Å². The van der Waals surface area contributed by atoms with Gasteiger partial charge in [-0.1, -0.05) is 46.3 Å². The smallest absolute Gasteiger partial charge is 0.652 e. The molecule has 0 saturated heterocycles. The molecule has 1 aromatic rings. The van der Waals surface area contributed by atoms with Crippen LogP contribution in [-0.4, -0.2) is 11.5 Å². The Morgan fingerprint density at radius 2 is 1.56 bits per heavy atom. The number of carbonyl (C=O) groups is 1. The van der Waals surface area contributed by atoms with Crippen molar-refractivity contribution in [3.05, 3.63) is 35.9 Å². The molecule has 0 aromatic heterocycles. The fourth-order valence-corrected chi connectivity index (χ4v) is 1.20. The van der Waals surface area contributed by atoms with Crippen LogP contribution in [0.25, 0.3) is 0 Å². The average molecular weight is 337 g/mol. The van der Waals surface area contributed by atoms with E-state index in [4.69, 9.17) is 15.0 Å². The number of aryl methyl sites for hydroxylation is 1. The number of hydrogen-bond acceptors (Lipinski definition) is 3. The molecule has 0 radical (unpaired) electrons. The monoisotopic (exact) mass is 336 g/mol. The van der Waals surface area contributed by atoms with E-state index in [-0.39, 0.29) is 103 Å². The zero-order chi connectivity index (χ0) is 10.8. The molecule has 0 heterocycles. The fourth-order valence-electron chi connectivity index (χ4n) is 0.916. The van der Waals surface area contributed by atoms with E-state index < -0.39 is 6.16 Å². The van der Waals surface area contributed by atoms with Gasteiger partial charge in [0.2, 0.25) is 0 Å². The van der Waals surface area contributed by atoms with Gasteiger partial charge in [0.1, 0.15) is 0 Å². The summed E-state index contributed by atoms with van der Waals surface area (Å²) in [4.78, 5) is 8.33. The summed E-state index contributed by atoms with van der Waals surface area (Å²) in [6, 6.07) is 10.6.